The van der Waals surface area contributed by atoms with Gasteiger partial charge < -0.3 is 14.8 Å². The molecule has 0 radical (unpaired) electrons. The van der Waals surface area contributed by atoms with Gasteiger partial charge in [-0.2, -0.15) is 0 Å². The first-order valence-corrected chi connectivity index (χ1v) is 6.61. The molecule has 1 heterocycles. The molecule has 1 atom stereocenters. The van der Waals surface area contributed by atoms with Gasteiger partial charge in [0.05, 0.1) is 6.61 Å². The molecule has 1 aliphatic heterocycles. The Bertz CT molecular complexity index is 488. The van der Waals surface area contributed by atoms with Crippen LogP contribution in [0.2, 0.25) is 5.02 Å². The summed E-state index contributed by atoms with van der Waals surface area (Å²) in [5.41, 5.74) is 1.50. The van der Waals surface area contributed by atoms with Crippen molar-refractivity contribution in [3.8, 4) is 0 Å². The van der Waals surface area contributed by atoms with E-state index in [0.29, 0.717) is 23.7 Å². The van der Waals surface area contributed by atoms with Crippen molar-refractivity contribution in [2.24, 2.45) is 0 Å². The summed E-state index contributed by atoms with van der Waals surface area (Å²) in [7, 11) is 0. The fourth-order valence-electron chi connectivity index (χ4n) is 1.91. The van der Waals surface area contributed by atoms with Gasteiger partial charge in [-0.25, -0.2) is 0 Å². The Morgan fingerprint density at radius 1 is 1.53 bits per heavy atom. The van der Waals surface area contributed by atoms with E-state index in [1.54, 1.807) is 12.1 Å². The number of halogens is 1. The Hall–Kier alpha value is -1.10. The van der Waals surface area contributed by atoms with Gasteiger partial charge in [-0.15, -0.1) is 0 Å². The number of nitrogens with one attached hydrogen (secondary N) is 1. The Morgan fingerprint density at radius 3 is 2.84 bits per heavy atom. The molecule has 4 nitrogen and oxygen atoms in total. The van der Waals surface area contributed by atoms with Gasteiger partial charge in [0.2, 0.25) is 0 Å². The van der Waals surface area contributed by atoms with Crippen LogP contribution in [0.5, 0.6) is 0 Å². The average Bonchev–Trinajstić information content (AvgIpc) is 2.69. The van der Waals surface area contributed by atoms with E-state index in [2.05, 4.69) is 5.32 Å². The van der Waals surface area contributed by atoms with Crippen molar-refractivity contribution < 1.29 is 14.3 Å². The number of amides is 1. The van der Waals surface area contributed by atoms with E-state index in [9.17, 15) is 4.79 Å². The molecule has 0 aromatic heterocycles. The molecule has 2 rings (SSSR count). The molecular formula is C14H18ClNO3. The summed E-state index contributed by atoms with van der Waals surface area (Å²) in [6.45, 7) is 6.52. The number of carbonyl (C=O) groups is 1. The van der Waals surface area contributed by atoms with Crippen LogP contribution in [0.15, 0.2) is 18.2 Å². The zero-order valence-corrected chi connectivity index (χ0v) is 12.1. The quantitative estimate of drug-likeness (QED) is 0.927. The van der Waals surface area contributed by atoms with Gasteiger partial charge in [0, 0.05) is 17.1 Å². The number of ether oxygens (including phenoxy) is 2. The van der Waals surface area contributed by atoms with Crippen LogP contribution < -0.4 is 5.32 Å². The molecule has 0 bridgehead atoms. The SMILES string of the molecule is Cc1ccc(C(=O)NCC2COC(C)(C)O2)cc1Cl. The number of hydrogen-bond acceptors (Lipinski definition) is 3. The van der Waals surface area contributed by atoms with E-state index in [4.69, 9.17) is 21.1 Å². The minimum Gasteiger partial charge on any atom is -0.349 e. The number of benzene rings is 1. The van der Waals surface area contributed by atoms with Crippen LogP contribution in [0.4, 0.5) is 0 Å². The van der Waals surface area contributed by atoms with E-state index < -0.39 is 5.79 Å². The molecule has 1 unspecified atom stereocenters. The molecule has 1 fully saturated rings. The fourth-order valence-corrected chi connectivity index (χ4v) is 2.09. The maximum atomic E-state index is 12.0. The lowest BCUT2D eigenvalue weighted by Gasteiger charge is -2.17. The number of carbonyl (C=O) groups excluding carboxylic acids is 1. The largest absolute Gasteiger partial charge is 0.349 e. The Morgan fingerprint density at radius 2 is 2.26 bits per heavy atom. The summed E-state index contributed by atoms with van der Waals surface area (Å²) in [5.74, 6) is -0.724. The van der Waals surface area contributed by atoms with Gasteiger partial charge in [0.25, 0.3) is 5.91 Å². The van der Waals surface area contributed by atoms with Crippen molar-refractivity contribution in [3.05, 3.63) is 34.3 Å². The predicted molar refractivity (Wildman–Crippen MR) is 73.4 cm³/mol. The lowest BCUT2D eigenvalue weighted by atomic mass is 10.1. The van der Waals surface area contributed by atoms with Crippen LogP contribution >= 0.6 is 11.6 Å². The third-order valence-electron chi connectivity index (χ3n) is 2.99. The van der Waals surface area contributed by atoms with Gasteiger partial charge in [-0.3, -0.25) is 4.79 Å². The van der Waals surface area contributed by atoms with Crippen molar-refractivity contribution in [2.75, 3.05) is 13.2 Å². The third-order valence-corrected chi connectivity index (χ3v) is 3.40. The first-order valence-electron chi connectivity index (χ1n) is 6.23. The molecule has 104 valence electrons. The third kappa shape index (κ3) is 3.69. The number of hydrogen-bond donors (Lipinski definition) is 1. The minimum absolute atomic E-state index is 0.111. The smallest absolute Gasteiger partial charge is 0.251 e. The second-order valence-electron chi connectivity index (χ2n) is 5.12. The van der Waals surface area contributed by atoms with Crippen LogP contribution in [-0.4, -0.2) is 30.9 Å². The fraction of sp³-hybridized carbons (Fsp3) is 0.500. The maximum absolute atomic E-state index is 12.0. The second kappa shape index (κ2) is 5.49. The van der Waals surface area contributed by atoms with Gasteiger partial charge in [0.15, 0.2) is 5.79 Å². The molecule has 1 amide bonds. The average molecular weight is 284 g/mol. The zero-order valence-electron chi connectivity index (χ0n) is 11.3. The molecule has 1 aromatic carbocycles. The standard InChI is InChI=1S/C14H18ClNO3/c1-9-4-5-10(6-12(9)15)13(17)16-7-11-8-18-14(2,3)19-11/h4-6,11H,7-8H2,1-3H3,(H,16,17). The van der Waals surface area contributed by atoms with Gasteiger partial charge in [0.1, 0.15) is 6.10 Å². The van der Waals surface area contributed by atoms with Crippen molar-refractivity contribution >= 4 is 17.5 Å². The summed E-state index contributed by atoms with van der Waals surface area (Å²) in [6.07, 6.45) is -0.111. The molecule has 1 aliphatic rings. The van der Waals surface area contributed by atoms with Crippen molar-refractivity contribution in [3.63, 3.8) is 0 Å². The summed E-state index contributed by atoms with van der Waals surface area (Å²) in [4.78, 5) is 12.0. The minimum atomic E-state index is -0.567. The van der Waals surface area contributed by atoms with Crippen LogP contribution in [0, 0.1) is 6.92 Å². The zero-order chi connectivity index (χ0) is 14.0. The normalized spacial score (nSPS) is 21.4. The molecule has 19 heavy (non-hydrogen) atoms. The number of rotatable bonds is 3. The highest BCUT2D eigenvalue weighted by atomic mass is 35.5. The van der Waals surface area contributed by atoms with Crippen LogP contribution in [0.3, 0.4) is 0 Å². The molecule has 0 aliphatic carbocycles. The van der Waals surface area contributed by atoms with E-state index in [-0.39, 0.29) is 12.0 Å². The molecule has 5 heteroatoms. The number of aryl methyl sites for hydroxylation is 1. The Balaban J connectivity index is 1.89. The van der Waals surface area contributed by atoms with Gasteiger partial charge in [-0.05, 0) is 38.5 Å². The molecule has 0 saturated carbocycles. The van der Waals surface area contributed by atoms with Crippen molar-refractivity contribution in [1.82, 2.24) is 5.32 Å². The van der Waals surface area contributed by atoms with E-state index in [0.717, 1.165) is 5.56 Å². The Labute approximate surface area is 118 Å². The van der Waals surface area contributed by atoms with E-state index in [1.165, 1.54) is 0 Å². The van der Waals surface area contributed by atoms with E-state index >= 15 is 0 Å². The molecule has 1 aromatic rings. The lowest BCUT2D eigenvalue weighted by Crippen LogP contribution is -2.34. The summed E-state index contributed by atoms with van der Waals surface area (Å²) < 4.78 is 11.0. The summed E-state index contributed by atoms with van der Waals surface area (Å²) >= 11 is 6.00. The highest BCUT2D eigenvalue weighted by Crippen LogP contribution is 2.22. The highest BCUT2D eigenvalue weighted by Gasteiger charge is 2.32. The Kier molecular flexibility index (Phi) is 4.13. The topological polar surface area (TPSA) is 47.6 Å². The second-order valence-corrected chi connectivity index (χ2v) is 5.53. The maximum Gasteiger partial charge on any atom is 0.251 e. The van der Waals surface area contributed by atoms with Crippen LogP contribution in [0.1, 0.15) is 29.8 Å². The van der Waals surface area contributed by atoms with Gasteiger partial charge in [-0.1, -0.05) is 17.7 Å². The molecule has 0 spiro atoms. The predicted octanol–water partition coefficient (Wildman–Crippen LogP) is 2.53. The van der Waals surface area contributed by atoms with Crippen molar-refractivity contribution in [2.45, 2.75) is 32.7 Å². The summed E-state index contributed by atoms with van der Waals surface area (Å²) in [5, 5.41) is 3.41. The van der Waals surface area contributed by atoms with E-state index in [1.807, 2.05) is 26.8 Å². The van der Waals surface area contributed by atoms with Crippen LogP contribution in [0.25, 0.3) is 0 Å². The monoisotopic (exact) mass is 283 g/mol. The molecule has 1 saturated heterocycles. The first kappa shape index (κ1) is 14.3. The van der Waals surface area contributed by atoms with Crippen LogP contribution in [-0.2, 0) is 9.47 Å². The first-order chi connectivity index (χ1) is 8.87. The summed E-state index contributed by atoms with van der Waals surface area (Å²) in [6, 6.07) is 5.25. The molecule has 1 N–H and O–H groups in total. The lowest BCUT2D eigenvalue weighted by molar-refractivity contribution is -0.137. The highest BCUT2D eigenvalue weighted by molar-refractivity contribution is 6.31. The van der Waals surface area contributed by atoms with Gasteiger partial charge >= 0.3 is 0 Å². The van der Waals surface area contributed by atoms with Crippen molar-refractivity contribution in [1.29, 1.82) is 0 Å². The molecular weight excluding hydrogens is 266 g/mol.